The van der Waals surface area contributed by atoms with Gasteiger partial charge in [-0.1, -0.05) is 82.3 Å². The van der Waals surface area contributed by atoms with Crippen LogP contribution in [-0.4, -0.2) is 21.5 Å². The van der Waals surface area contributed by atoms with Gasteiger partial charge in [-0.05, 0) is 38.1 Å². The Kier molecular flexibility index (Phi) is 6.91. The van der Waals surface area contributed by atoms with Crippen LogP contribution >= 0.6 is 22.7 Å². The fourth-order valence-electron chi connectivity index (χ4n) is 3.65. The summed E-state index contributed by atoms with van der Waals surface area (Å²) in [6, 6.07) is 22.1. The van der Waals surface area contributed by atoms with Crippen molar-refractivity contribution < 1.29 is 9.59 Å². The maximum Gasteiger partial charge on any atom is 0.206 e. The summed E-state index contributed by atoms with van der Waals surface area (Å²) in [5, 5.41) is 7.40. The lowest BCUT2D eigenvalue weighted by molar-refractivity contribution is 0.103. The third-order valence-electron chi connectivity index (χ3n) is 5.73. The molecule has 190 valence electrons. The van der Waals surface area contributed by atoms with Gasteiger partial charge in [-0.2, -0.15) is 0 Å². The predicted octanol–water partition coefficient (Wildman–Crippen LogP) is 6.33. The second kappa shape index (κ2) is 10.4. The van der Waals surface area contributed by atoms with Crippen molar-refractivity contribution in [1.29, 1.82) is 0 Å². The third kappa shape index (κ3) is 5.41. The molecule has 0 atom stereocenters. The van der Waals surface area contributed by atoms with E-state index in [0.717, 1.165) is 22.5 Å². The van der Waals surface area contributed by atoms with E-state index in [2.05, 4.69) is 20.6 Å². The summed E-state index contributed by atoms with van der Waals surface area (Å²) < 4.78 is 0. The molecule has 0 aliphatic rings. The van der Waals surface area contributed by atoms with Gasteiger partial charge in [0.1, 0.15) is 21.4 Å². The molecule has 0 unspecified atom stereocenters. The molecule has 5 rings (SSSR count). The number of carbonyl (C=O) groups is 2. The van der Waals surface area contributed by atoms with E-state index in [1.165, 1.54) is 22.7 Å². The molecule has 0 bridgehead atoms. The van der Waals surface area contributed by atoms with Crippen LogP contribution in [-0.2, 0) is 0 Å². The van der Waals surface area contributed by atoms with Crippen LogP contribution in [0.25, 0.3) is 0 Å². The molecule has 0 saturated carbocycles. The van der Waals surface area contributed by atoms with Gasteiger partial charge in [0.15, 0.2) is 10.3 Å². The first kappa shape index (κ1) is 25.1. The lowest BCUT2D eigenvalue weighted by atomic mass is 10.0. The van der Waals surface area contributed by atoms with Crippen LogP contribution in [0.5, 0.6) is 0 Å². The number of aryl methyl sites for hydroxylation is 2. The highest BCUT2D eigenvalue weighted by molar-refractivity contribution is 7.18. The molecule has 0 saturated heterocycles. The van der Waals surface area contributed by atoms with E-state index in [-0.39, 0.29) is 23.2 Å². The third-order valence-corrected chi connectivity index (χ3v) is 7.70. The average molecular weight is 541 g/mol. The zero-order chi connectivity index (χ0) is 26.8. The molecule has 0 aliphatic carbocycles. The smallest absolute Gasteiger partial charge is 0.206 e. The number of carbonyl (C=O) groups excluding carboxylic acids is 2. The monoisotopic (exact) mass is 540 g/mol. The summed E-state index contributed by atoms with van der Waals surface area (Å²) in [5.41, 5.74) is 16.9. The Morgan fingerprint density at radius 2 is 0.947 bits per heavy atom. The van der Waals surface area contributed by atoms with Gasteiger partial charge in [-0.15, -0.1) is 0 Å². The van der Waals surface area contributed by atoms with Crippen LogP contribution in [0.15, 0.2) is 72.8 Å². The fraction of sp³-hybridized carbons (Fsp3) is 0.0714. The summed E-state index contributed by atoms with van der Waals surface area (Å²) in [6.45, 7) is 4.02. The van der Waals surface area contributed by atoms with Gasteiger partial charge >= 0.3 is 0 Å². The SMILES string of the molecule is Cc1ccc(Nc2nc(N)c(C(=O)c3ccc(C(=O)c4sc(Nc5ccc(C)cc5)nc4N)cc3)s2)cc1. The summed E-state index contributed by atoms with van der Waals surface area (Å²) in [6.07, 6.45) is 0. The van der Waals surface area contributed by atoms with Gasteiger partial charge < -0.3 is 22.1 Å². The molecule has 2 aromatic heterocycles. The van der Waals surface area contributed by atoms with Crippen molar-refractivity contribution in [2.45, 2.75) is 13.8 Å². The van der Waals surface area contributed by atoms with E-state index in [0.29, 0.717) is 31.1 Å². The van der Waals surface area contributed by atoms with Crippen LogP contribution in [0.2, 0.25) is 0 Å². The Bertz CT molecular complexity index is 1500. The largest absolute Gasteiger partial charge is 0.382 e. The zero-order valence-corrected chi connectivity index (χ0v) is 22.2. The Morgan fingerprint density at radius 1 is 0.605 bits per heavy atom. The van der Waals surface area contributed by atoms with Gasteiger partial charge in [0.05, 0.1) is 0 Å². The minimum atomic E-state index is -0.266. The van der Waals surface area contributed by atoms with E-state index in [1.807, 2.05) is 62.4 Å². The van der Waals surface area contributed by atoms with Crippen LogP contribution in [0.1, 0.15) is 41.6 Å². The van der Waals surface area contributed by atoms with Crippen molar-refractivity contribution in [3.63, 3.8) is 0 Å². The van der Waals surface area contributed by atoms with E-state index >= 15 is 0 Å². The maximum atomic E-state index is 13.1. The topological polar surface area (TPSA) is 136 Å². The van der Waals surface area contributed by atoms with Crippen molar-refractivity contribution in [3.05, 3.63) is 105 Å². The average Bonchev–Trinajstić information content (AvgIpc) is 3.47. The number of ketones is 2. The summed E-state index contributed by atoms with van der Waals surface area (Å²) in [7, 11) is 0. The first-order valence-electron chi connectivity index (χ1n) is 11.7. The summed E-state index contributed by atoms with van der Waals surface area (Å²) in [4.78, 5) is 35.5. The van der Waals surface area contributed by atoms with Gasteiger partial charge in [-0.25, -0.2) is 9.97 Å². The van der Waals surface area contributed by atoms with Crippen molar-refractivity contribution in [3.8, 4) is 0 Å². The Labute approximate surface area is 227 Å². The van der Waals surface area contributed by atoms with E-state index < -0.39 is 0 Å². The highest BCUT2D eigenvalue weighted by Crippen LogP contribution is 2.32. The molecule has 5 aromatic rings. The lowest BCUT2D eigenvalue weighted by Crippen LogP contribution is -2.05. The number of nitrogens with two attached hydrogens (primary N) is 2. The Hall–Kier alpha value is -4.54. The van der Waals surface area contributed by atoms with Crippen molar-refractivity contribution in [2.24, 2.45) is 0 Å². The first-order chi connectivity index (χ1) is 18.3. The van der Waals surface area contributed by atoms with Crippen molar-refractivity contribution in [2.75, 3.05) is 22.1 Å². The van der Waals surface area contributed by atoms with Crippen LogP contribution in [0.3, 0.4) is 0 Å². The second-order valence-corrected chi connectivity index (χ2v) is 10.7. The highest BCUT2D eigenvalue weighted by atomic mass is 32.1. The number of benzene rings is 3. The Morgan fingerprint density at radius 3 is 1.29 bits per heavy atom. The standard InChI is InChI=1S/C28H24N6O2S2/c1-15-3-11-19(12-4-15)31-27-33-25(29)23(37-27)21(35)17-7-9-18(10-8-17)22(36)24-26(30)34-28(38-24)32-20-13-5-16(2)6-14-20/h3-14H,29-30H2,1-2H3,(H,31,33)(H,32,34). The van der Waals surface area contributed by atoms with E-state index in [4.69, 9.17) is 11.5 Å². The number of rotatable bonds is 8. The molecule has 10 heteroatoms. The predicted molar refractivity (Wildman–Crippen MR) is 155 cm³/mol. The van der Waals surface area contributed by atoms with Gasteiger partial charge in [0.25, 0.3) is 0 Å². The maximum absolute atomic E-state index is 13.1. The molecular weight excluding hydrogens is 516 g/mol. The molecule has 0 spiro atoms. The number of nitrogen functional groups attached to an aromatic ring is 2. The molecule has 0 radical (unpaired) electrons. The number of hydrogen-bond donors (Lipinski definition) is 4. The van der Waals surface area contributed by atoms with Crippen LogP contribution in [0, 0.1) is 13.8 Å². The van der Waals surface area contributed by atoms with E-state index in [9.17, 15) is 9.59 Å². The molecule has 3 aromatic carbocycles. The molecule has 2 heterocycles. The van der Waals surface area contributed by atoms with Gasteiger partial charge in [0, 0.05) is 22.5 Å². The number of nitrogens with one attached hydrogen (secondary N) is 2. The minimum Gasteiger partial charge on any atom is -0.382 e. The molecule has 6 N–H and O–H groups in total. The summed E-state index contributed by atoms with van der Waals surface area (Å²) in [5.74, 6) is -0.225. The molecule has 0 amide bonds. The highest BCUT2D eigenvalue weighted by Gasteiger charge is 2.21. The zero-order valence-electron chi connectivity index (χ0n) is 20.6. The molecule has 0 aliphatic heterocycles. The summed E-state index contributed by atoms with van der Waals surface area (Å²) >= 11 is 2.36. The quantitative estimate of drug-likeness (QED) is 0.168. The molecular formula is C28H24N6O2S2. The first-order valence-corrected chi connectivity index (χ1v) is 13.3. The van der Waals surface area contributed by atoms with Crippen LogP contribution in [0.4, 0.5) is 33.3 Å². The van der Waals surface area contributed by atoms with E-state index in [1.54, 1.807) is 24.3 Å². The second-order valence-electron chi connectivity index (χ2n) is 8.68. The van der Waals surface area contributed by atoms with Gasteiger partial charge in [0.2, 0.25) is 11.6 Å². The Balaban J connectivity index is 1.30. The lowest BCUT2D eigenvalue weighted by Gasteiger charge is -2.03. The number of hydrogen-bond acceptors (Lipinski definition) is 10. The normalized spacial score (nSPS) is 10.8. The van der Waals surface area contributed by atoms with Gasteiger partial charge in [-0.3, -0.25) is 9.59 Å². The number of aromatic nitrogens is 2. The molecule has 38 heavy (non-hydrogen) atoms. The fourth-order valence-corrected chi connectivity index (χ4v) is 5.39. The number of nitrogens with zero attached hydrogens (tertiary/aromatic N) is 2. The van der Waals surface area contributed by atoms with Crippen molar-refractivity contribution >= 4 is 67.5 Å². The molecule has 0 fully saturated rings. The van der Waals surface area contributed by atoms with Crippen LogP contribution < -0.4 is 22.1 Å². The van der Waals surface area contributed by atoms with Crippen molar-refractivity contribution in [1.82, 2.24) is 9.97 Å². The number of anilines is 6. The molecule has 8 nitrogen and oxygen atoms in total. The minimum absolute atomic E-state index is 0.154. The number of thiazole rings is 2.